The van der Waals surface area contributed by atoms with E-state index >= 15 is 0 Å². The average molecular weight is 261 g/mol. The highest BCUT2D eigenvalue weighted by Gasteiger charge is 2.25. The van der Waals surface area contributed by atoms with E-state index in [-0.39, 0.29) is 6.10 Å². The lowest BCUT2D eigenvalue weighted by molar-refractivity contribution is 0.242. The molecule has 106 valence electrons. The van der Waals surface area contributed by atoms with Crippen LogP contribution in [0.25, 0.3) is 0 Å². The van der Waals surface area contributed by atoms with E-state index in [1.54, 1.807) is 0 Å². The first-order chi connectivity index (χ1) is 9.20. The number of ether oxygens (including phenoxy) is 1. The van der Waals surface area contributed by atoms with E-state index in [2.05, 4.69) is 50.4 Å². The van der Waals surface area contributed by atoms with Crippen LogP contribution in [0.15, 0.2) is 24.3 Å². The van der Waals surface area contributed by atoms with Crippen LogP contribution in [-0.2, 0) is 0 Å². The summed E-state index contributed by atoms with van der Waals surface area (Å²) < 4.78 is 5.72. The van der Waals surface area contributed by atoms with E-state index < -0.39 is 0 Å². The molecule has 0 spiro atoms. The quantitative estimate of drug-likeness (QED) is 0.861. The van der Waals surface area contributed by atoms with Crippen LogP contribution in [0.3, 0.4) is 0 Å². The molecule has 0 radical (unpaired) electrons. The van der Waals surface area contributed by atoms with Gasteiger partial charge in [0.25, 0.3) is 0 Å². The summed E-state index contributed by atoms with van der Waals surface area (Å²) in [6.07, 6.45) is 5.58. The SMILES string of the molecule is CCNC1CCCCC1c1ccc(OC(C)C)cc1. The highest BCUT2D eigenvalue weighted by molar-refractivity contribution is 5.30. The predicted molar refractivity (Wildman–Crippen MR) is 80.9 cm³/mol. The first-order valence-electron chi connectivity index (χ1n) is 7.70. The first kappa shape index (κ1) is 14.4. The normalized spacial score (nSPS) is 23.6. The molecule has 0 heterocycles. The minimum atomic E-state index is 0.245. The van der Waals surface area contributed by atoms with Crippen LogP contribution in [0.5, 0.6) is 5.75 Å². The first-order valence-corrected chi connectivity index (χ1v) is 7.70. The van der Waals surface area contributed by atoms with Crippen molar-refractivity contribution in [2.75, 3.05) is 6.54 Å². The van der Waals surface area contributed by atoms with Crippen LogP contribution in [0, 0.1) is 0 Å². The highest BCUT2D eigenvalue weighted by atomic mass is 16.5. The Balaban J connectivity index is 2.06. The van der Waals surface area contributed by atoms with Gasteiger partial charge < -0.3 is 10.1 Å². The van der Waals surface area contributed by atoms with E-state index in [1.807, 2.05) is 0 Å². The summed E-state index contributed by atoms with van der Waals surface area (Å²) in [5.41, 5.74) is 1.46. The summed E-state index contributed by atoms with van der Waals surface area (Å²) in [6.45, 7) is 7.40. The summed E-state index contributed by atoms with van der Waals surface area (Å²) >= 11 is 0. The Bertz CT molecular complexity index is 369. The maximum Gasteiger partial charge on any atom is 0.119 e. The molecule has 19 heavy (non-hydrogen) atoms. The number of nitrogens with one attached hydrogen (secondary N) is 1. The van der Waals surface area contributed by atoms with E-state index in [4.69, 9.17) is 4.74 Å². The molecule has 2 unspecified atom stereocenters. The zero-order valence-electron chi connectivity index (χ0n) is 12.5. The lowest BCUT2D eigenvalue weighted by Crippen LogP contribution is -2.37. The summed E-state index contributed by atoms with van der Waals surface area (Å²) in [7, 11) is 0. The fourth-order valence-electron chi connectivity index (χ4n) is 3.10. The van der Waals surface area contributed by atoms with Crippen molar-refractivity contribution in [3.63, 3.8) is 0 Å². The fourth-order valence-corrected chi connectivity index (χ4v) is 3.10. The van der Waals surface area contributed by atoms with Crippen molar-refractivity contribution >= 4 is 0 Å². The number of likely N-dealkylation sites (N-methyl/N-ethyl adjacent to an activating group) is 1. The Morgan fingerprint density at radius 2 is 1.84 bits per heavy atom. The third-order valence-electron chi connectivity index (χ3n) is 3.91. The molecule has 2 rings (SSSR count). The lowest BCUT2D eigenvalue weighted by atomic mass is 9.80. The number of benzene rings is 1. The van der Waals surface area contributed by atoms with Gasteiger partial charge in [0.2, 0.25) is 0 Å². The Morgan fingerprint density at radius 3 is 2.47 bits per heavy atom. The second-order valence-corrected chi connectivity index (χ2v) is 5.79. The smallest absolute Gasteiger partial charge is 0.119 e. The van der Waals surface area contributed by atoms with Gasteiger partial charge in [-0.2, -0.15) is 0 Å². The molecular weight excluding hydrogens is 234 g/mol. The van der Waals surface area contributed by atoms with Gasteiger partial charge in [0, 0.05) is 6.04 Å². The van der Waals surface area contributed by atoms with Gasteiger partial charge in [-0.3, -0.25) is 0 Å². The second-order valence-electron chi connectivity index (χ2n) is 5.79. The summed E-state index contributed by atoms with van der Waals surface area (Å²) in [5, 5.41) is 3.65. The molecule has 0 aromatic heterocycles. The standard InChI is InChI=1S/C17H27NO/c1-4-18-17-8-6-5-7-16(17)14-9-11-15(12-10-14)19-13(2)3/h9-13,16-18H,4-8H2,1-3H3. The molecule has 0 amide bonds. The van der Waals surface area contributed by atoms with Gasteiger partial charge in [-0.15, -0.1) is 0 Å². The minimum Gasteiger partial charge on any atom is -0.491 e. The third kappa shape index (κ3) is 3.97. The molecule has 2 atom stereocenters. The minimum absolute atomic E-state index is 0.245. The van der Waals surface area contributed by atoms with Gasteiger partial charge in [0.15, 0.2) is 0 Å². The maximum atomic E-state index is 5.72. The molecule has 1 fully saturated rings. The molecule has 2 nitrogen and oxygen atoms in total. The summed E-state index contributed by atoms with van der Waals surface area (Å²) in [4.78, 5) is 0. The zero-order valence-corrected chi connectivity index (χ0v) is 12.5. The third-order valence-corrected chi connectivity index (χ3v) is 3.91. The average Bonchev–Trinajstić information content (AvgIpc) is 2.40. The van der Waals surface area contributed by atoms with Crippen molar-refractivity contribution in [2.45, 2.75) is 64.5 Å². The van der Waals surface area contributed by atoms with Gasteiger partial charge in [-0.1, -0.05) is 31.9 Å². The second kappa shape index (κ2) is 6.95. The van der Waals surface area contributed by atoms with Crippen molar-refractivity contribution in [1.82, 2.24) is 5.32 Å². The zero-order chi connectivity index (χ0) is 13.7. The molecule has 0 aliphatic heterocycles. The molecule has 1 N–H and O–H groups in total. The fraction of sp³-hybridized carbons (Fsp3) is 0.647. The molecule has 0 bridgehead atoms. The molecule has 1 aliphatic rings. The molecule has 1 aliphatic carbocycles. The van der Waals surface area contributed by atoms with Gasteiger partial charge in [0.1, 0.15) is 5.75 Å². The Labute approximate surface area is 117 Å². The van der Waals surface area contributed by atoms with Gasteiger partial charge >= 0.3 is 0 Å². The van der Waals surface area contributed by atoms with Crippen molar-refractivity contribution < 1.29 is 4.74 Å². The van der Waals surface area contributed by atoms with Crippen molar-refractivity contribution in [1.29, 1.82) is 0 Å². The van der Waals surface area contributed by atoms with Gasteiger partial charge in [-0.25, -0.2) is 0 Å². The van der Waals surface area contributed by atoms with Crippen LogP contribution >= 0.6 is 0 Å². The largest absolute Gasteiger partial charge is 0.491 e. The van der Waals surface area contributed by atoms with Gasteiger partial charge in [-0.05, 0) is 56.8 Å². The number of hydrogen-bond donors (Lipinski definition) is 1. The van der Waals surface area contributed by atoms with Crippen LogP contribution in [0.2, 0.25) is 0 Å². The van der Waals surface area contributed by atoms with Crippen LogP contribution in [0.4, 0.5) is 0 Å². The molecule has 0 saturated heterocycles. The molecular formula is C17H27NO. The Morgan fingerprint density at radius 1 is 1.16 bits per heavy atom. The topological polar surface area (TPSA) is 21.3 Å². The van der Waals surface area contributed by atoms with E-state index in [0.717, 1.165) is 12.3 Å². The lowest BCUT2D eigenvalue weighted by Gasteiger charge is -2.32. The van der Waals surface area contributed by atoms with Crippen molar-refractivity contribution in [3.8, 4) is 5.75 Å². The van der Waals surface area contributed by atoms with Gasteiger partial charge in [0.05, 0.1) is 6.10 Å². The van der Waals surface area contributed by atoms with E-state index in [1.165, 1.54) is 31.2 Å². The summed E-state index contributed by atoms with van der Waals surface area (Å²) in [6, 6.07) is 9.38. The van der Waals surface area contributed by atoms with Crippen LogP contribution in [-0.4, -0.2) is 18.7 Å². The monoisotopic (exact) mass is 261 g/mol. The van der Waals surface area contributed by atoms with Crippen molar-refractivity contribution in [2.24, 2.45) is 0 Å². The Kier molecular flexibility index (Phi) is 5.26. The highest BCUT2D eigenvalue weighted by Crippen LogP contribution is 2.33. The molecule has 1 aromatic rings. The van der Waals surface area contributed by atoms with E-state index in [9.17, 15) is 0 Å². The molecule has 2 heteroatoms. The molecule has 1 saturated carbocycles. The number of hydrogen-bond acceptors (Lipinski definition) is 2. The van der Waals surface area contributed by atoms with Crippen LogP contribution in [0.1, 0.15) is 57.9 Å². The van der Waals surface area contributed by atoms with Crippen LogP contribution < -0.4 is 10.1 Å². The molecule has 1 aromatic carbocycles. The number of rotatable bonds is 5. The van der Waals surface area contributed by atoms with Crippen molar-refractivity contribution in [3.05, 3.63) is 29.8 Å². The summed E-state index contributed by atoms with van der Waals surface area (Å²) in [5.74, 6) is 1.65. The Hall–Kier alpha value is -1.02. The maximum absolute atomic E-state index is 5.72. The predicted octanol–water partition coefficient (Wildman–Crippen LogP) is 4.11. The van der Waals surface area contributed by atoms with E-state index in [0.29, 0.717) is 12.0 Å².